The van der Waals surface area contributed by atoms with Gasteiger partial charge >= 0.3 is 0 Å². The molecule has 1 atom stereocenters. The summed E-state index contributed by atoms with van der Waals surface area (Å²) in [5.74, 6) is 0.419. The van der Waals surface area contributed by atoms with E-state index >= 15 is 0 Å². The van der Waals surface area contributed by atoms with Crippen LogP contribution in [-0.4, -0.2) is 18.1 Å². The van der Waals surface area contributed by atoms with E-state index in [2.05, 4.69) is 17.2 Å². The zero-order chi connectivity index (χ0) is 11.2. The number of hydrogen-bond donors (Lipinski definition) is 1. The Morgan fingerprint density at radius 2 is 2.38 bits per heavy atom. The molecule has 2 aromatic rings. The first-order valence-electron chi connectivity index (χ1n) is 5.45. The smallest absolute Gasteiger partial charge is 0.202 e. The van der Waals surface area contributed by atoms with E-state index < -0.39 is 0 Å². The van der Waals surface area contributed by atoms with Crippen LogP contribution >= 0.6 is 0 Å². The van der Waals surface area contributed by atoms with Crippen LogP contribution in [0.5, 0.6) is 0 Å². The van der Waals surface area contributed by atoms with Gasteiger partial charge < -0.3 is 9.73 Å². The molecule has 1 N–H and O–H groups in total. The maximum Gasteiger partial charge on any atom is 0.202 e. The predicted molar refractivity (Wildman–Crippen MR) is 58.8 cm³/mol. The fourth-order valence-corrected chi connectivity index (χ4v) is 2.16. The third kappa shape index (κ3) is 1.41. The van der Waals surface area contributed by atoms with Gasteiger partial charge in [-0.25, -0.2) is 9.37 Å². The molecule has 4 heteroatoms. The van der Waals surface area contributed by atoms with Gasteiger partial charge in [-0.2, -0.15) is 0 Å². The van der Waals surface area contributed by atoms with Crippen LogP contribution in [0.2, 0.25) is 0 Å². The molecule has 1 aromatic carbocycles. The number of nitrogens with one attached hydrogen (secondary N) is 1. The average Bonchev–Trinajstić information content (AvgIpc) is 2.84. The third-order valence-electron chi connectivity index (χ3n) is 3.24. The molecule has 0 aliphatic carbocycles. The monoisotopic (exact) mass is 220 g/mol. The number of benzene rings is 1. The van der Waals surface area contributed by atoms with Gasteiger partial charge in [0.05, 0.1) is 5.41 Å². The molecule has 0 amide bonds. The van der Waals surface area contributed by atoms with Gasteiger partial charge in [0, 0.05) is 12.6 Å². The molecule has 1 unspecified atom stereocenters. The van der Waals surface area contributed by atoms with Crippen molar-refractivity contribution in [3.8, 4) is 0 Å². The molecule has 1 fully saturated rings. The van der Waals surface area contributed by atoms with Gasteiger partial charge in [-0.15, -0.1) is 0 Å². The highest BCUT2D eigenvalue weighted by molar-refractivity contribution is 5.72. The predicted octanol–water partition coefficient (Wildman–Crippen LogP) is 2.22. The van der Waals surface area contributed by atoms with Crippen molar-refractivity contribution in [3.63, 3.8) is 0 Å². The Hall–Kier alpha value is -1.42. The van der Waals surface area contributed by atoms with Gasteiger partial charge in [0.25, 0.3) is 0 Å². The molecule has 1 aliphatic rings. The summed E-state index contributed by atoms with van der Waals surface area (Å²) in [4.78, 5) is 4.43. The zero-order valence-electron chi connectivity index (χ0n) is 9.09. The Morgan fingerprint density at radius 1 is 1.50 bits per heavy atom. The fourth-order valence-electron chi connectivity index (χ4n) is 2.16. The summed E-state index contributed by atoms with van der Waals surface area (Å²) in [5, 5.41) is 3.29. The SMILES string of the molecule is CC1(c2nc3ccc(F)cc3o2)CCNC1. The van der Waals surface area contributed by atoms with Crippen LogP contribution < -0.4 is 5.32 Å². The Balaban J connectivity index is 2.11. The standard InChI is InChI=1S/C12H13FN2O/c1-12(4-5-14-7-12)11-15-9-3-2-8(13)6-10(9)16-11/h2-3,6,14H,4-5,7H2,1H3. The molecular formula is C12H13FN2O. The van der Waals surface area contributed by atoms with Crippen LogP contribution in [0.25, 0.3) is 11.1 Å². The van der Waals surface area contributed by atoms with Crippen LogP contribution in [0.4, 0.5) is 4.39 Å². The van der Waals surface area contributed by atoms with Crippen molar-refractivity contribution in [2.24, 2.45) is 0 Å². The van der Waals surface area contributed by atoms with Crippen LogP contribution in [0, 0.1) is 5.82 Å². The Kier molecular flexibility index (Phi) is 2.01. The van der Waals surface area contributed by atoms with Gasteiger partial charge in [-0.05, 0) is 32.0 Å². The maximum atomic E-state index is 13.0. The lowest BCUT2D eigenvalue weighted by Crippen LogP contribution is -2.25. The molecule has 3 rings (SSSR count). The molecule has 1 aliphatic heterocycles. The minimum absolute atomic E-state index is 0.0600. The number of nitrogens with zero attached hydrogens (tertiary/aromatic N) is 1. The largest absolute Gasteiger partial charge is 0.440 e. The van der Waals surface area contributed by atoms with Crippen molar-refractivity contribution in [2.75, 3.05) is 13.1 Å². The van der Waals surface area contributed by atoms with E-state index in [1.807, 2.05) is 0 Å². The van der Waals surface area contributed by atoms with Crippen molar-refractivity contribution in [1.82, 2.24) is 10.3 Å². The van der Waals surface area contributed by atoms with Crippen molar-refractivity contribution in [3.05, 3.63) is 29.9 Å². The Bertz CT molecular complexity index is 529. The summed E-state index contributed by atoms with van der Waals surface area (Å²) >= 11 is 0. The second kappa shape index (κ2) is 3.28. The highest BCUT2D eigenvalue weighted by atomic mass is 19.1. The Morgan fingerprint density at radius 3 is 3.12 bits per heavy atom. The minimum Gasteiger partial charge on any atom is -0.440 e. The van der Waals surface area contributed by atoms with E-state index in [4.69, 9.17) is 4.42 Å². The molecule has 0 bridgehead atoms. The van der Waals surface area contributed by atoms with Crippen LogP contribution in [0.1, 0.15) is 19.2 Å². The normalized spacial score (nSPS) is 25.4. The maximum absolute atomic E-state index is 13.0. The summed E-state index contributed by atoms with van der Waals surface area (Å²) in [6.45, 7) is 3.96. The lowest BCUT2D eigenvalue weighted by atomic mass is 9.90. The van der Waals surface area contributed by atoms with Crippen LogP contribution in [0.15, 0.2) is 22.6 Å². The van der Waals surface area contributed by atoms with Gasteiger partial charge in [-0.1, -0.05) is 0 Å². The highest BCUT2D eigenvalue weighted by Gasteiger charge is 2.35. The molecule has 0 spiro atoms. The average molecular weight is 220 g/mol. The molecule has 16 heavy (non-hydrogen) atoms. The number of halogens is 1. The molecule has 84 valence electrons. The fraction of sp³-hybridized carbons (Fsp3) is 0.417. The summed E-state index contributed by atoms with van der Waals surface area (Å²) in [6.07, 6.45) is 1.00. The number of oxazole rings is 1. The van der Waals surface area contributed by atoms with Crippen molar-refractivity contribution >= 4 is 11.1 Å². The summed E-state index contributed by atoms with van der Waals surface area (Å²) in [6, 6.07) is 4.45. The number of aromatic nitrogens is 1. The first-order valence-corrected chi connectivity index (χ1v) is 5.45. The second-order valence-corrected chi connectivity index (χ2v) is 4.62. The van der Waals surface area contributed by atoms with E-state index in [1.54, 1.807) is 6.07 Å². The number of fused-ring (bicyclic) bond motifs is 1. The summed E-state index contributed by atoms with van der Waals surface area (Å²) < 4.78 is 18.7. The Labute approximate surface area is 92.7 Å². The van der Waals surface area contributed by atoms with Gasteiger partial charge in [0.15, 0.2) is 5.58 Å². The van der Waals surface area contributed by atoms with Gasteiger partial charge in [0.2, 0.25) is 5.89 Å². The molecule has 3 nitrogen and oxygen atoms in total. The number of rotatable bonds is 1. The van der Waals surface area contributed by atoms with Crippen molar-refractivity contribution < 1.29 is 8.81 Å². The third-order valence-corrected chi connectivity index (χ3v) is 3.24. The second-order valence-electron chi connectivity index (χ2n) is 4.62. The number of hydrogen-bond acceptors (Lipinski definition) is 3. The van der Waals surface area contributed by atoms with E-state index in [0.29, 0.717) is 11.5 Å². The van der Waals surface area contributed by atoms with Crippen LogP contribution in [-0.2, 0) is 5.41 Å². The summed E-state index contributed by atoms with van der Waals surface area (Å²) in [7, 11) is 0. The van der Waals surface area contributed by atoms with E-state index in [9.17, 15) is 4.39 Å². The van der Waals surface area contributed by atoms with E-state index in [1.165, 1.54) is 12.1 Å². The van der Waals surface area contributed by atoms with Gasteiger partial charge in [0.1, 0.15) is 11.3 Å². The van der Waals surface area contributed by atoms with Crippen molar-refractivity contribution in [2.45, 2.75) is 18.8 Å². The van der Waals surface area contributed by atoms with Gasteiger partial charge in [-0.3, -0.25) is 0 Å². The molecule has 2 heterocycles. The molecule has 1 saturated heterocycles. The van der Waals surface area contributed by atoms with Crippen LogP contribution in [0.3, 0.4) is 0 Å². The molecule has 1 aromatic heterocycles. The highest BCUT2D eigenvalue weighted by Crippen LogP contribution is 2.31. The summed E-state index contributed by atoms with van der Waals surface area (Å²) in [5.41, 5.74) is 1.20. The van der Waals surface area contributed by atoms with E-state index in [0.717, 1.165) is 25.0 Å². The minimum atomic E-state index is -0.287. The molecule has 0 radical (unpaired) electrons. The molecule has 0 saturated carbocycles. The van der Waals surface area contributed by atoms with Crippen molar-refractivity contribution in [1.29, 1.82) is 0 Å². The first-order chi connectivity index (χ1) is 7.67. The van der Waals surface area contributed by atoms with E-state index in [-0.39, 0.29) is 11.2 Å². The topological polar surface area (TPSA) is 38.1 Å². The first kappa shape index (κ1) is 9.78. The molecular weight excluding hydrogens is 207 g/mol. The lowest BCUT2D eigenvalue weighted by molar-refractivity contribution is 0.382. The lowest BCUT2D eigenvalue weighted by Gasteiger charge is -2.16. The zero-order valence-corrected chi connectivity index (χ0v) is 9.09. The quantitative estimate of drug-likeness (QED) is 0.800.